The van der Waals surface area contributed by atoms with E-state index < -0.39 is 36.0 Å². The van der Waals surface area contributed by atoms with Crippen molar-refractivity contribution in [3.63, 3.8) is 0 Å². The van der Waals surface area contributed by atoms with Gasteiger partial charge in [0.1, 0.15) is 11.6 Å². The quantitative estimate of drug-likeness (QED) is 0.568. The molecule has 178 valence electrons. The van der Waals surface area contributed by atoms with Gasteiger partial charge >= 0.3 is 0 Å². The average molecular weight is 473 g/mol. The van der Waals surface area contributed by atoms with Crippen molar-refractivity contribution in [3.8, 4) is 11.6 Å². The summed E-state index contributed by atoms with van der Waals surface area (Å²) in [4.78, 5) is 36.0. The van der Waals surface area contributed by atoms with E-state index in [9.17, 15) is 22.8 Å². The summed E-state index contributed by atoms with van der Waals surface area (Å²) >= 11 is 0. The summed E-state index contributed by atoms with van der Waals surface area (Å²) in [6, 6.07) is 7.51. The Morgan fingerprint density at radius 2 is 2.09 bits per heavy atom. The molecule has 34 heavy (non-hydrogen) atoms. The van der Waals surface area contributed by atoms with Gasteiger partial charge < -0.3 is 15.0 Å². The monoisotopic (exact) mass is 473 g/mol. The number of likely N-dealkylation sites (tertiary alicyclic amines) is 1. The highest BCUT2D eigenvalue weighted by Crippen LogP contribution is 2.40. The summed E-state index contributed by atoms with van der Waals surface area (Å²) < 4.78 is 48.2. The molecule has 2 N–H and O–H groups in total. The van der Waals surface area contributed by atoms with Crippen molar-refractivity contribution in [2.45, 2.75) is 31.2 Å². The van der Waals surface area contributed by atoms with Crippen molar-refractivity contribution >= 4 is 11.7 Å². The minimum atomic E-state index is -2.96. The number of hydrogen-bond donors (Lipinski definition) is 2. The standard InChI is InChI=1S/C23H22F3N5O3/c1-14(31-10-8-23(25,26)17(13-31)15-4-7-20(32)29-11-15)21(33)30-19-6-5-16(12-28-19)34-22-18(24)3-2-9-27-22/h2-7,9,11-12,14,17H,8,10,13H2,1H3,(H,29,32)(H,28,30,33)/t14-,17+/m0/s1. The molecule has 0 unspecified atom stereocenters. The number of carbonyl (C=O) groups excluding carboxylic acids is 1. The second-order valence-electron chi connectivity index (χ2n) is 7.98. The number of carbonyl (C=O) groups is 1. The van der Waals surface area contributed by atoms with E-state index in [4.69, 9.17) is 4.74 Å². The number of rotatable bonds is 6. The summed E-state index contributed by atoms with van der Waals surface area (Å²) in [5.74, 6) is -4.90. The van der Waals surface area contributed by atoms with Crippen LogP contribution in [0.4, 0.5) is 19.0 Å². The van der Waals surface area contributed by atoms with Crippen LogP contribution in [-0.4, -0.2) is 50.8 Å². The molecule has 0 saturated carbocycles. The van der Waals surface area contributed by atoms with E-state index in [0.717, 1.165) is 0 Å². The van der Waals surface area contributed by atoms with E-state index in [1.165, 1.54) is 55.0 Å². The first-order chi connectivity index (χ1) is 16.2. The van der Waals surface area contributed by atoms with Crippen LogP contribution in [0.3, 0.4) is 0 Å². The largest absolute Gasteiger partial charge is 0.435 e. The third kappa shape index (κ3) is 5.25. The molecule has 2 atom stereocenters. The zero-order valence-electron chi connectivity index (χ0n) is 18.2. The molecular formula is C23H22F3N5O3. The first kappa shape index (κ1) is 23.4. The SMILES string of the molecule is C[C@@H](C(=O)Nc1ccc(Oc2ncccc2F)cn1)N1CCC(F)(F)[C@@H](c2ccc(=O)[nH]c2)C1. The van der Waals surface area contributed by atoms with E-state index >= 15 is 0 Å². The average Bonchev–Trinajstić information content (AvgIpc) is 2.82. The van der Waals surface area contributed by atoms with E-state index in [2.05, 4.69) is 20.3 Å². The topological polar surface area (TPSA) is 100 Å². The van der Waals surface area contributed by atoms with Crippen LogP contribution in [0.5, 0.6) is 11.6 Å². The number of nitrogens with one attached hydrogen (secondary N) is 2. The number of ether oxygens (including phenoxy) is 1. The Kier molecular flexibility index (Phi) is 6.64. The number of anilines is 1. The Morgan fingerprint density at radius 1 is 1.26 bits per heavy atom. The van der Waals surface area contributed by atoms with Gasteiger partial charge in [-0.25, -0.2) is 23.1 Å². The van der Waals surface area contributed by atoms with Gasteiger partial charge in [0.15, 0.2) is 5.82 Å². The van der Waals surface area contributed by atoms with Gasteiger partial charge in [-0.2, -0.15) is 0 Å². The maximum absolute atomic E-state index is 14.6. The van der Waals surface area contributed by atoms with Crippen molar-refractivity contribution in [2.75, 3.05) is 18.4 Å². The number of halogens is 3. The number of H-pyrrole nitrogens is 1. The Labute approximate surface area is 192 Å². The fraction of sp³-hybridized carbons (Fsp3) is 0.304. The van der Waals surface area contributed by atoms with Crippen molar-refractivity contribution in [1.29, 1.82) is 0 Å². The van der Waals surface area contributed by atoms with Gasteiger partial charge in [-0.05, 0) is 36.8 Å². The number of pyridine rings is 3. The van der Waals surface area contributed by atoms with Crippen LogP contribution in [0.1, 0.15) is 24.8 Å². The van der Waals surface area contributed by atoms with E-state index in [0.29, 0.717) is 5.56 Å². The molecule has 1 saturated heterocycles. The van der Waals surface area contributed by atoms with Gasteiger partial charge in [0, 0.05) is 38.0 Å². The van der Waals surface area contributed by atoms with Crippen molar-refractivity contribution in [1.82, 2.24) is 19.9 Å². The van der Waals surface area contributed by atoms with Crippen LogP contribution in [0.25, 0.3) is 0 Å². The molecule has 1 aliphatic rings. The van der Waals surface area contributed by atoms with Crippen LogP contribution >= 0.6 is 0 Å². The van der Waals surface area contributed by atoms with Crippen LogP contribution in [-0.2, 0) is 4.79 Å². The molecular weight excluding hydrogens is 451 g/mol. The highest BCUT2D eigenvalue weighted by molar-refractivity contribution is 5.93. The highest BCUT2D eigenvalue weighted by Gasteiger charge is 2.46. The lowest BCUT2D eigenvalue weighted by Gasteiger charge is -2.40. The summed E-state index contributed by atoms with van der Waals surface area (Å²) in [5.41, 5.74) is -0.0648. The molecule has 4 heterocycles. The van der Waals surface area contributed by atoms with E-state index in [1.807, 2.05) is 0 Å². The lowest BCUT2D eigenvalue weighted by atomic mass is 9.87. The Morgan fingerprint density at radius 3 is 2.76 bits per heavy atom. The van der Waals surface area contributed by atoms with Crippen LogP contribution in [0.2, 0.25) is 0 Å². The van der Waals surface area contributed by atoms with Crippen LogP contribution in [0, 0.1) is 5.82 Å². The van der Waals surface area contributed by atoms with Gasteiger partial charge in [-0.1, -0.05) is 6.07 Å². The summed E-state index contributed by atoms with van der Waals surface area (Å²) in [7, 11) is 0. The van der Waals surface area contributed by atoms with Crippen molar-refractivity contribution in [2.24, 2.45) is 0 Å². The first-order valence-electron chi connectivity index (χ1n) is 10.6. The molecule has 4 rings (SSSR count). The molecule has 1 fully saturated rings. The fourth-order valence-corrected chi connectivity index (χ4v) is 3.74. The molecule has 0 bridgehead atoms. The van der Waals surface area contributed by atoms with Gasteiger partial charge in [0.25, 0.3) is 11.8 Å². The number of alkyl halides is 2. The predicted octanol–water partition coefficient (Wildman–Crippen LogP) is 3.55. The normalized spacial score (nSPS) is 18.8. The Bertz CT molecular complexity index is 1200. The number of amides is 1. The number of aromatic amines is 1. The number of aromatic nitrogens is 3. The molecule has 11 heteroatoms. The lowest BCUT2D eigenvalue weighted by Crippen LogP contribution is -2.52. The molecule has 3 aromatic rings. The zero-order valence-corrected chi connectivity index (χ0v) is 18.2. The maximum Gasteiger partial charge on any atom is 0.257 e. The summed E-state index contributed by atoms with van der Waals surface area (Å²) in [6.45, 7) is 1.62. The lowest BCUT2D eigenvalue weighted by molar-refractivity contribution is -0.125. The van der Waals surface area contributed by atoms with Crippen LogP contribution < -0.4 is 15.6 Å². The van der Waals surface area contributed by atoms with Gasteiger partial charge in [0.2, 0.25) is 11.5 Å². The number of hydrogen-bond acceptors (Lipinski definition) is 6. The Hall–Kier alpha value is -3.73. The number of nitrogens with zero attached hydrogens (tertiary/aromatic N) is 3. The van der Waals surface area contributed by atoms with Crippen LogP contribution in [0.15, 0.2) is 59.8 Å². The smallest absolute Gasteiger partial charge is 0.257 e. The zero-order chi connectivity index (χ0) is 24.3. The second kappa shape index (κ2) is 9.64. The van der Waals surface area contributed by atoms with Crippen molar-refractivity contribution in [3.05, 3.63) is 76.7 Å². The minimum Gasteiger partial charge on any atom is -0.435 e. The molecule has 8 nitrogen and oxygen atoms in total. The van der Waals surface area contributed by atoms with Gasteiger partial charge in [-0.3, -0.25) is 14.5 Å². The molecule has 0 spiro atoms. The third-order valence-corrected chi connectivity index (χ3v) is 5.72. The van der Waals surface area contributed by atoms with E-state index in [-0.39, 0.29) is 36.1 Å². The van der Waals surface area contributed by atoms with Crippen molar-refractivity contribution < 1.29 is 22.7 Å². The fourth-order valence-electron chi connectivity index (χ4n) is 3.74. The second-order valence-corrected chi connectivity index (χ2v) is 7.98. The minimum absolute atomic E-state index is 0.0390. The van der Waals surface area contributed by atoms with Gasteiger partial charge in [0.05, 0.1) is 18.2 Å². The van der Waals surface area contributed by atoms with E-state index in [1.54, 1.807) is 11.8 Å². The third-order valence-electron chi connectivity index (χ3n) is 5.72. The molecule has 0 aromatic carbocycles. The predicted molar refractivity (Wildman–Crippen MR) is 118 cm³/mol. The summed E-state index contributed by atoms with van der Waals surface area (Å²) in [6.07, 6.45) is 3.57. The first-order valence-corrected chi connectivity index (χ1v) is 10.6. The highest BCUT2D eigenvalue weighted by atomic mass is 19.3. The molecule has 0 aliphatic carbocycles. The molecule has 1 aliphatic heterocycles. The summed E-state index contributed by atoms with van der Waals surface area (Å²) in [5, 5.41) is 2.65. The molecule has 3 aromatic heterocycles. The molecule has 1 amide bonds. The van der Waals surface area contributed by atoms with Gasteiger partial charge in [-0.15, -0.1) is 0 Å². The number of piperidine rings is 1. The maximum atomic E-state index is 14.6. The Balaban J connectivity index is 1.39. The molecule has 0 radical (unpaired) electrons.